The number of ether oxygens (including phenoxy) is 1. The molecule has 2 aromatic heterocycles. The molecule has 0 bridgehead atoms. The highest BCUT2D eigenvalue weighted by molar-refractivity contribution is 7.21. The lowest BCUT2D eigenvalue weighted by Gasteiger charge is -2.21. The third-order valence-corrected chi connectivity index (χ3v) is 4.61. The van der Waals surface area contributed by atoms with Crippen molar-refractivity contribution < 1.29 is 23.8 Å². The molecule has 0 aliphatic rings. The van der Waals surface area contributed by atoms with Crippen LogP contribution in [0.25, 0.3) is 21.0 Å². The number of aromatic nitrogens is 1. The molecule has 0 fully saturated rings. The minimum Gasteiger partial charge on any atom is -0.480 e. The summed E-state index contributed by atoms with van der Waals surface area (Å²) in [6.45, 7) is 5.12. The predicted octanol–water partition coefficient (Wildman–Crippen LogP) is 4.08. The van der Waals surface area contributed by atoms with Gasteiger partial charge in [-0.1, -0.05) is 12.1 Å². The van der Waals surface area contributed by atoms with Gasteiger partial charge in [0.2, 0.25) is 0 Å². The summed E-state index contributed by atoms with van der Waals surface area (Å²) in [5, 5.41) is 12.5. The Labute approximate surface area is 160 Å². The van der Waals surface area contributed by atoms with Crippen LogP contribution in [0.1, 0.15) is 26.5 Å². The number of carboxylic acids is 1. The molecule has 142 valence electrons. The van der Waals surface area contributed by atoms with E-state index in [-0.39, 0.29) is 6.42 Å². The summed E-state index contributed by atoms with van der Waals surface area (Å²) in [7, 11) is 0. The molecular formula is C19H20N2O5S. The molecule has 0 saturated heterocycles. The van der Waals surface area contributed by atoms with Gasteiger partial charge in [-0.2, -0.15) is 0 Å². The first kappa shape index (κ1) is 18.9. The van der Waals surface area contributed by atoms with Gasteiger partial charge < -0.3 is 19.6 Å². The first-order valence-corrected chi connectivity index (χ1v) is 9.20. The van der Waals surface area contributed by atoms with E-state index in [0.717, 1.165) is 15.2 Å². The van der Waals surface area contributed by atoms with Crippen molar-refractivity contribution in [1.29, 1.82) is 0 Å². The minimum absolute atomic E-state index is 0.000525. The molecule has 0 aliphatic heterocycles. The van der Waals surface area contributed by atoms with E-state index < -0.39 is 23.7 Å². The molecular weight excluding hydrogens is 368 g/mol. The number of amides is 1. The zero-order valence-corrected chi connectivity index (χ0v) is 16.0. The summed E-state index contributed by atoms with van der Waals surface area (Å²) in [5.74, 6) is -0.167. The highest BCUT2D eigenvalue weighted by Gasteiger charge is 2.25. The average molecular weight is 388 g/mol. The maximum atomic E-state index is 11.9. The van der Waals surface area contributed by atoms with Crippen LogP contribution in [0.4, 0.5) is 4.79 Å². The summed E-state index contributed by atoms with van der Waals surface area (Å²) in [5.41, 5.74) is 0.170. The average Bonchev–Trinajstić information content (AvgIpc) is 3.18. The van der Waals surface area contributed by atoms with Gasteiger partial charge in [-0.05, 0) is 45.0 Å². The van der Waals surface area contributed by atoms with E-state index >= 15 is 0 Å². The Morgan fingerprint density at radius 1 is 1.26 bits per heavy atom. The lowest BCUT2D eigenvalue weighted by atomic mass is 10.1. The topological polar surface area (TPSA) is 102 Å². The standard InChI is InChI=1S/C19H20N2O5S/c1-19(2,3)26-18(24)21-13(17(22)23)10-11-8-9-14(25-11)16-20-12-6-4-5-7-15(12)27-16/h4-9,13H,10H2,1-3H3,(H,21,24)(H,22,23). The van der Waals surface area contributed by atoms with Gasteiger partial charge in [-0.15, -0.1) is 11.3 Å². The van der Waals surface area contributed by atoms with Gasteiger partial charge >= 0.3 is 12.1 Å². The zero-order valence-electron chi connectivity index (χ0n) is 15.2. The molecule has 2 N–H and O–H groups in total. The number of carboxylic acid groups (broad SMARTS) is 1. The van der Waals surface area contributed by atoms with Crippen LogP contribution < -0.4 is 5.32 Å². The number of aliphatic carboxylic acids is 1. The van der Waals surface area contributed by atoms with Crippen molar-refractivity contribution in [2.75, 3.05) is 0 Å². The second-order valence-electron chi connectivity index (χ2n) is 6.99. The molecule has 3 aromatic rings. The van der Waals surface area contributed by atoms with Gasteiger partial charge in [-0.25, -0.2) is 14.6 Å². The molecule has 1 aromatic carbocycles. The van der Waals surface area contributed by atoms with Gasteiger partial charge in [-0.3, -0.25) is 0 Å². The van der Waals surface area contributed by atoms with Crippen LogP contribution in [-0.2, 0) is 16.0 Å². The lowest BCUT2D eigenvalue weighted by molar-refractivity contribution is -0.139. The Kier molecular flexibility index (Phi) is 5.18. The van der Waals surface area contributed by atoms with Crippen LogP contribution in [0.3, 0.4) is 0 Å². The summed E-state index contributed by atoms with van der Waals surface area (Å²) >= 11 is 1.49. The largest absolute Gasteiger partial charge is 0.480 e. The summed E-state index contributed by atoms with van der Waals surface area (Å²) in [6.07, 6.45) is -0.785. The number of hydrogen-bond donors (Lipinski definition) is 2. The SMILES string of the molecule is CC(C)(C)OC(=O)NC(Cc1ccc(-c2nc3ccccc3s2)o1)C(=O)O. The summed E-state index contributed by atoms with van der Waals surface area (Å²) in [6, 6.07) is 10.0. The van der Waals surface area contributed by atoms with E-state index in [9.17, 15) is 14.7 Å². The van der Waals surface area contributed by atoms with E-state index in [1.54, 1.807) is 32.9 Å². The highest BCUT2D eigenvalue weighted by atomic mass is 32.1. The fraction of sp³-hybridized carbons (Fsp3) is 0.316. The van der Waals surface area contributed by atoms with Crippen LogP contribution in [0.2, 0.25) is 0 Å². The quantitative estimate of drug-likeness (QED) is 0.683. The third-order valence-electron chi connectivity index (χ3n) is 3.56. The van der Waals surface area contributed by atoms with Crippen LogP contribution >= 0.6 is 11.3 Å². The maximum Gasteiger partial charge on any atom is 0.408 e. The second kappa shape index (κ2) is 7.40. The molecule has 2 heterocycles. The van der Waals surface area contributed by atoms with Crippen LogP contribution in [0.15, 0.2) is 40.8 Å². The molecule has 1 atom stereocenters. The number of benzene rings is 1. The van der Waals surface area contributed by atoms with Crippen LogP contribution in [-0.4, -0.2) is 33.8 Å². The van der Waals surface area contributed by atoms with E-state index in [4.69, 9.17) is 9.15 Å². The third kappa shape index (κ3) is 4.85. The van der Waals surface area contributed by atoms with Gasteiger partial charge in [0.1, 0.15) is 17.4 Å². The smallest absolute Gasteiger partial charge is 0.408 e. The van der Waals surface area contributed by atoms with E-state index in [0.29, 0.717) is 11.5 Å². The molecule has 0 radical (unpaired) electrons. The number of rotatable bonds is 5. The number of para-hydroxylation sites is 1. The van der Waals surface area contributed by atoms with Gasteiger partial charge in [0.15, 0.2) is 10.8 Å². The van der Waals surface area contributed by atoms with Crippen molar-refractivity contribution in [2.45, 2.75) is 38.8 Å². The zero-order chi connectivity index (χ0) is 19.6. The van der Waals surface area contributed by atoms with Crippen molar-refractivity contribution in [1.82, 2.24) is 10.3 Å². The first-order valence-electron chi connectivity index (χ1n) is 8.38. The van der Waals surface area contributed by atoms with Crippen LogP contribution in [0.5, 0.6) is 0 Å². The number of fused-ring (bicyclic) bond motifs is 1. The van der Waals surface area contributed by atoms with Crippen molar-refractivity contribution in [2.24, 2.45) is 0 Å². The maximum absolute atomic E-state index is 11.9. The first-order chi connectivity index (χ1) is 12.7. The number of nitrogens with one attached hydrogen (secondary N) is 1. The second-order valence-corrected chi connectivity index (χ2v) is 8.02. The minimum atomic E-state index is -1.17. The number of alkyl carbamates (subject to hydrolysis) is 1. The number of carbonyl (C=O) groups excluding carboxylic acids is 1. The Morgan fingerprint density at radius 3 is 2.67 bits per heavy atom. The number of furan rings is 1. The molecule has 7 nitrogen and oxygen atoms in total. The van der Waals surface area contributed by atoms with Crippen molar-refractivity contribution in [3.8, 4) is 10.8 Å². The predicted molar refractivity (Wildman–Crippen MR) is 102 cm³/mol. The fourth-order valence-electron chi connectivity index (χ4n) is 2.43. The molecule has 1 unspecified atom stereocenters. The molecule has 0 saturated carbocycles. The Morgan fingerprint density at radius 2 is 2.00 bits per heavy atom. The van der Waals surface area contributed by atoms with Gasteiger partial charge in [0.25, 0.3) is 0 Å². The molecule has 3 rings (SSSR count). The Hall–Kier alpha value is -2.87. The van der Waals surface area contributed by atoms with E-state index in [1.807, 2.05) is 24.3 Å². The fourth-order valence-corrected chi connectivity index (χ4v) is 3.36. The lowest BCUT2D eigenvalue weighted by Crippen LogP contribution is -2.44. The van der Waals surface area contributed by atoms with Gasteiger partial charge in [0.05, 0.1) is 10.2 Å². The number of carbonyl (C=O) groups is 2. The van der Waals surface area contributed by atoms with Crippen LogP contribution in [0, 0.1) is 0 Å². The Bertz CT molecular complexity index is 937. The molecule has 27 heavy (non-hydrogen) atoms. The van der Waals surface area contributed by atoms with Crippen molar-refractivity contribution in [3.05, 3.63) is 42.2 Å². The molecule has 0 spiro atoms. The van der Waals surface area contributed by atoms with E-state index in [1.165, 1.54) is 11.3 Å². The highest BCUT2D eigenvalue weighted by Crippen LogP contribution is 2.31. The van der Waals surface area contributed by atoms with E-state index in [2.05, 4.69) is 10.3 Å². The number of hydrogen-bond acceptors (Lipinski definition) is 6. The van der Waals surface area contributed by atoms with Gasteiger partial charge in [0, 0.05) is 6.42 Å². The summed E-state index contributed by atoms with van der Waals surface area (Å²) in [4.78, 5) is 27.8. The monoisotopic (exact) mass is 388 g/mol. The van der Waals surface area contributed by atoms with Crippen molar-refractivity contribution in [3.63, 3.8) is 0 Å². The van der Waals surface area contributed by atoms with Crippen molar-refractivity contribution >= 4 is 33.6 Å². The molecule has 1 amide bonds. The Balaban J connectivity index is 1.72. The number of nitrogens with zero attached hydrogens (tertiary/aromatic N) is 1. The molecule has 8 heteroatoms. The summed E-state index contributed by atoms with van der Waals surface area (Å²) < 4.78 is 11.9. The normalized spacial score (nSPS) is 12.7. The number of thiazole rings is 1. The molecule has 0 aliphatic carbocycles.